The molecule has 0 heterocycles. The number of nitrogens with one attached hydrogen (secondary N) is 1. The maximum absolute atomic E-state index is 8.87. The van der Waals surface area contributed by atoms with Gasteiger partial charge in [-0.05, 0) is 50.9 Å². The Balaban J connectivity index is 2.51. The largest absolute Gasteiger partial charge is 0.396 e. The van der Waals surface area contributed by atoms with Crippen LogP contribution in [-0.2, 0) is 0 Å². The van der Waals surface area contributed by atoms with Gasteiger partial charge in [0.15, 0.2) is 0 Å². The normalized spacial score (nSPS) is 35.8. The average molecular weight is 242 g/mol. The number of hydrogen-bond acceptors (Lipinski definition) is 3. The topological polar surface area (TPSA) is 58.3 Å². The predicted molar refractivity (Wildman–Crippen MR) is 72.9 cm³/mol. The van der Waals surface area contributed by atoms with E-state index in [1.165, 1.54) is 19.3 Å². The van der Waals surface area contributed by atoms with Crippen molar-refractivity contribution in [3.05, 3.63) is 0 Å². The van der Waals surface area contributed by atoms with Gasteiger partial charge in [0.2, 0.25) is 0 Å². The summed E-state index contributed by atoms with van der Waals surface area (Å²) in [5.41, 5.74) is 6.15. The van der Waals surface area contributed by atoms with Crippen LogP contribution in [0.4, 0.5) is 0 Å². The second-order valence-corrected chi connectivity index (χ2v) is 6.09. The van der Waals surface area contributed by atoms with E-state index in [0.29, 0.717) is 6.04 Å². The van der Waals surface area contributed by atoms with Crippen molar-refractivity contribution in [3.63, 3.8) is 0 Å². The minimum Gasteiger partial charge on any atom is -0.396 e. The van der Waals surface area contributed by atoms with Crippen LogP contribution in [-0.4, -0.2) is 29.8 Å². The number of hydrogen-bond donors (Lipinski definition) is 3. The first kappa shape index (κ1) is 14.9. The standard InChI is InChI=1S/C14H30N2O/c1-11-6-7-14(10-15,9-12(11)2)16-13(3)5-4-8-17/h11-13,16-17H,4-10,15H2,1-3H3. The summed E-state index contributed by atoms with van der Waals surface area (Å²) < 4.78 is 0. The van der Waals surface area contributed by atoms with E-state index in [2.05, 4.69) is 26.1 Å². The van der Waals surface area contributed by atoms with Crippen molar-refractivity contribution in [3.8, 4) is 0 Å². The molecule has 4 N–H and O–H groups in total. The summed E-state index contributed by atoms with van der Waals surface area (Å²) in [4.78, 5) is 0. The smallest absolute Gasteiger partial charge is 0.0431 e. The van der Waals surface area contributed by atoms with Crippen molar-refractivity contribution in [1.29, 1.82) is 0 Å². The van der Waals surface area contributed by atoms with E-state index >= 15 is 0 Å². The first-order valence-corrected chi connectivity index (χ1v) is 7.11. The first-order valence-electron chi connectivity index (χ1n) is 7.11. The van der Waals surface area contributed by atoms with Gasteiger partial charge in [-0.1, -0.05) is 13.8 Å². The molecule has 0 bridgehead atoms. The molecule has 0 aromatic rings. The Bertz CT molecular complexity index is 222. The fraction of sp³-hybridized carbons (Fsp3) is 1.00. The van der Waals surface area contributed by atoms with Crippen molar-refractivity contribution in [2.45, 2.75) is 64.5 Å². The molecule has 1 rings (SSSR count). The van der Waals surface area contributed by atoms with E-state index in [9.17, 15) is 0 Å². The van der Waals surface area contributed by atoms with Crippen LogP contribution in [0.1, 0.15) is 52.9 Å². The van der Waals surface area contributed by atoms with Crippen molar-refractivity contribution in [1.82, 2.24) is 5.32 Å². The summed E-state index contributed by atoms with van der Waals surface area (Å²) in [5, 5.41) is 12.6. The molecule has 1 saturated carbocycles. The number of aliphatic hydroxyl groups is 1. The molecule has 1 fully saturated rings. The minimum atomic E-state index is 0.140. The Morgan fingerprint density at radius 3 is 2.65 bits per heavy atom. The second kappa shape index (κ2) is 6.72. The SMILES string of the molecule is CC(CCCO)NC1(CN)CCC(C)C(C)C1. The molecule has 17 heavy (non-hydrogen) atoms. The first-order chi connectivity index (χ1) is 8.03. The van der Waals surface area contributed by atoms with E-state index in [4.69, 9.17) is 10.8 Å². The maximum atomic E-state index is 8.87. The fourth-order valence-corrected chi connectivity index (χ4v) is 3.08. The summed E-state index contributed by atoms with van der Waals surface area (Å²) >= 11 is 0. The highest BCUT2D eigenvalue weighted by molar-refractivity contribution is 4.96. The molecular weight excluding hydrogens is 212 g/mol. The second-order valence-electron chi connectivity index (χ2n) is 6.09. The molecule has 4 unspecified atom stereocenters. The lowest BCUT2D eigenvalue weighted by atomic mass is 9.71. The Morgan fingerprint density at radius 1 is 1.41 bits per heavy atom. The molecule has 3 heteroatoms. The molecule has 0 aromatic carbocycles. The van der Waals surface area contributed by atoms with E-state index in [1.54, 1.807) is 0 Å². The molecule has 0 aromatic heterocycles. The van der Waals surface area contributed by atoms with Gasteiger partial charge in [0, 0.05) is 24.7 Å². The van der Waals surface area contributed by atoms with Gasteiger partial charge >= 0.3 is 0 Å². The fourth-order valence-electron chi connectivity index (χ4n) is 3.08. The number of aliphatic hydroxyl groups excluding tert-OH is 1. The van der Waals surface area contributed by atoms with Gasteiger partial charge < -0.3 is 16.2 Å². The molecule has 0 radical (unpaired) electrons. The molecule has 102 valence electrons. The van der Waals surface area contributed by atoms with Crippen molar-refractivity contribution < 1.29 is 5.11 Å². The Labute approximate surface area is 106 Å². The Hall–Kier alpha value is -0.120. The number of rotatable bonds is 6. The number of nitrogens with two attached hydrogens (primary N) is 1. The summed E-state index contributed by atoms with van der Waals surface area (Å²) in [6, 6.07) is 0.450. The molecule has 0 spiro atoms. The van der Waals surface area contributed by atoms with Crippen molar-refractivity contribution in [2.24, 2.45) is 17.6 Å². The van der Waals surface area contributed by atoms with E-state index in [1.807, 2.05) is 0 Å². The Morgan fingerprint density at radius 2 is 2.12 bits per heavy atom. The quantitative estimate of drug-likeness (QED) is 0.666. The van der Waals surface area contributed by atoms with Crippen LogP contribution in [0.25, 0.3) is 0 Å². The average Bonchev–Trinajstić information content (AvgIpc) is 2.31. The monoisotopic (exact) mass is 242 g/mol. The highest BCUT2D eigenvalue weighted by Gasteiger charge is 2.37. The zero-order valence-electron chi connectivity index (χ0n) is 11.7. The zero-order valence-corrected chi connectivity index (χ0v) is 11.7. The van der Waals surface area contributed by atoms with E-state index in [-0.39, 0.29) is 12.1 Å². The van der Waals surface area contributed by atoms with Crippen LogP contribution in [0, 0.1) is 11.8 Å². The third-order valence-corrected chi connectivity index (χ3v) is 4.50. The summed E-state index contributed by atoms with van der Waals surface area (Å²) in [5.74, 6) is 1.58. The van der Waals surface area contributed by atoms with Crippen molar-refractivity contribution >= 4 is 0 Å². The van der Waals surface area contributed by atoms with Crippen molar-refractivity contribution in [2.75, 3.05) is 13.2 Å². The van der Waals surface area contributed by atoms with Crippen LogP contribution < -0.4 is 11.1 Å². The van der Waals surface area contributed by atoms with Crippen LogP contribution in [0.2, 0.25) is 0 Å². The summed E-state index contributed by atoms with van der Waals surface area (Å²) in [6.45, 7) is 7.91. The molecule has 3 nitrogen and oxygen atoms in total. The summed E-state index contributed by atoms with van der Waals surface area (Å²) in [7, 11) is 0. The molecule has 4 atom stereocenters. The minimum absolute atomic E-state index is 0.140. The van der Waals surface area contributed by atoms with Crippen LogP contribution >= 0.6 is 0 Å². The lowest BCUT2D eigenvalue weighted by molar-refractivity contribution is 0.132. The highest BCUT2D eigenvalue weighted by atomic mass is 16.2. The van der Waals surface area contributed by atoms with Gasteiger partial charge in [0.25, 0.3) is 0 Å². The highest BCUT2D eigenvalue weighted by Crippen LogP contribution is 2.36. The van der Waals surface area contributed by atoms with Gasteiger partial charge in [0.05, 0.1) is 0 Å². The van der Waals surface area contributed by atoms with Gasteiger partial charge in [-0.15, -0.1) is 0 Å². The van der Waals surface area contributed by atoms with Gasteiger partial charge in [-0.2, -0.15) is 0 Å². The molecule has 0 saturated heterocycles. The molecular formula is C14H30N2O. The Kier molecular flexibility index (Phi) is 5.90. The lowest BCUT2D eigenvalue weighted by Gasteiger charge is -2.44. The maximum Gasteiger partial charge on any atom is 0.0431 e. The third kappa shape index (κ3) is 4.23. The van der Waals surface area contributed by atoms with Crippen LogP contribution in [0.5, 0.6) is 0 Å². The molecule has 1 aliphatic carbocycles. The van der Waals surface area contributed by atoms with Crippen LogP contribution in [0.15, 0.2) is 0 Å². The zero-order chi connectivity index (χ0) is 12.9. The molecule has 0 aliphatic heterocycles. The van der Waals surface area contributed by atoms with Gasteiger partial charge in [-0.3, -0.25) is 0 Å². The van der Waals surface area contributed by atoms with E-state index < -0.39 is 0 Å². The van der Waals surface area contributed by atoms with Gasteiger partial charge in [-0.25, -0.2) is 0 Å². The van der Waals surface area contributed by atoms with Gasteiger partial charge in [0.1, 0.15) is 0 Å². The van der Waals surface area contributed by atoms with Crippen LogP contribution in [0.3, 0.4) is 0 Å². The predicted octanol–water partition coefficient (Wildman–Crippen LogP) is 1.89. The van der Waals surface area contributed by atoms with E-state index in [0.717, 1.165) is 31.2 Å². The molecule has 1 aliphatic rings. The third-order valence-electron chi connectivity index (χ3n) is 4.50. The lowest BCUT2D eigenvalue weighted by Crippen LogP contribution is -2.57. The molecule has 0 amide bonds. The summed E-state index contributed by atoms with van der Waals surface area (Å²) in [6.07, 6.45) is 5.56.